The molecule has 1 aromatic carbocycles. The molecule has 116 valence electrons. The zero-order valence-corrected chi connectivity index (χ0v) is 11.3. The molecule has 1 atom stereocenters. The number of halogens is 3. The smallest absolute Gasteiger partial charge is 0.387 e. The lowest BCUT2D eigenvalue weighted by molar-refractivity contribution is -0.0521. The molecule has 0 bridgehead atoms. The number of amides is 2. The Morgan fingerprint density at radius 2 is 2.29 bits per heavy atom. The van der Waals surface area contributed by atoms with Crippen LogP contribution in [0.25, 0.3) is 0 Å². The second kappa shape index (κ2) is 6.66. The predicted octanol–water partition coefficient (Wildman–Crippen LogP) is 2.68. The monoisotopic (exact) mass is 304 g/mol. The number of ether oxygens (including phenoxy) is 2. The Labute approximate surface area is 119 Å². The Kier molecular flexibility index (Phi) is 4.89. The molecule has 1 saturated heterocycles. The van der Waals surface area contributed by atoms with E-state index in [9.17, 15) is 18.0 Å². The first-order valence-corrected chi connectivity index (χ1v) is 6.37. The van der Waals surface area contributed by atoms with Gasteiger partial charge in [-0.05, 0) is 19.1 Å². The molecule has 1 fully saturated rings. The van der Waals surface area contributed by atoms with Crippen LogP contribution in [0.2, 0.25) is 0 Å². The Morgan fingerprint density at radius 1 is 1.52 bits per heavy atom. The average Bonchev–Trinajstić information content (AvgIpc) is 2.41. The fourth-order valence-electron chi connectivity index (χ4n) is 1.98. The van der Waals surface area contributed by atoms with Crippen LogP contribution in [0.3, 0.4) is 0 Å². The average molecular weight is 304 g/mol. The van der Waals surface area contributed by atoms with Crippen LogP contribution in [0, 0.1) is 5.82 Å². The minimum atomic E-state index is -3.10. The maximum atomic E-state index is 13.5. The first-order chi connectivity index (χ1) is 9.95. The highest BCUT2D eigenvalue weighted by atomic mass is 19.3. The molecule has 21 heavy (non-hydrogen) atoms. The van der Waals surface area contributed by atoms with Gasteiger partial charge in [0, 0.05) is 24.8 Å². The summed E-state index contributed by atoms with van der Waals surface area (Å²) in [5.41, 5.74) is 0.165. The lowest BCUT2D eigenvalue weighted by Crippen LogP contribution is -2.46. The Balaban J connectivity index is 1.99. The zero-order chi connectivity index (χ0) is 15.4. The van der Waals surface area contributed by atoms with Gasteiger partial charge in [-0.1, -0.05) is 0 Å². The number of hydrogen-bond donors (Lipinski definition) is 1. The van der Waals surface area contributed by atoms with Crippen molar-refractivity contribution >= 4 is 11.7 Å². The van der Waals surface area contributed by atoms with E-state index in [1.54, 1.807) is 0 Å². The van der Waals surface area contributed by atoms with Gasteiger partial charge < -0.3 is 19.7 Å². The number of carbonyl (C=O) groups is 1. The van der Waals surface area contributed by atoms with Gasteiger partial charge in [0.25, 0.3) is 0 Å². The molecule has 1 aliphatic rings. The van der Waals surface area contributed by atoms with Crippen LogP contribution >= 0.6 is 0 Å². The van der Waals surface area contributed by atoms with Crippen LogP contribution in [0.5, 0.6) is 5.75 Å². The lowest BCUT2D eigenvalue weighted by atomic mass is 10.3. The Morgan fingerprint density at radius 3 is 2.90 bits per heavy atom. The van der Waals surface area contributed by atoms with Crippen molar-refractivity contribution in [3.05, 3.63) is 24.0 Å². The minimum Gasteiger partial charge on any atom is -0.432 e. The molecule has 1 heterocycles. The first kappa shape index (κ1) is 15.4. The minimum absolute atomic E-state index is 0.0666. The van der Waals surface area contributed by atoms with Crippen LogP contribution in [-0.2, 0) is 4.74 Å². The number of nitrogens with one attached hydrogen (secondary N) is 1. The second-order valence-electron chi connectivity index (χ2n) is 4.58. The molecule has 0 aliphatic carbocycles. The molecule has 0 spiro atoms. The highest BCUT2D eigenvalue weighted by molar-refractivity contribution is 5.89. The third-order valence-corrected chi connectivity index (χ3v) is 2.93. The molecule has 1 aliphatic heterocycles. The molecule has 5 nitrogen and oxygen atoms in total. The van der Waals surface area contributed by atoms with E-state index in [0.29, 0.717) is 19.7 Å². The van der Waals surface area contributed by atoms with Crippen molar-refractivity contribution in [1.82, 2.24) is 4.90 Å². The van der Waals surface area contributed by atoms with Crippen molar-refractivity contribution in [3.63, 3.8) is 0 Å². The SMILES string of the molecule is CC1CN(C(=O)Nc2ccc(OC(F)F)c(F)c2)CCO1. The van der Waals surface area contributed by atoms with Crippen molar-refractivity contribution in [2.45, 2.75) is 19.6 Å². The standard InChI is InChI=1S/C13H15F3N2O3/c1-8-7-18(4-5-20-8)13(19)17-9-2-3-11(10(14)6-9)21-12(15)16/h2-3,6,8,12H,4-5,7H2,1H3,(H,17,19). The van der Waals surface area contributed by atoms with Crippen molar-refractivity contribution in [3.8, 4) is 5.75 Å². The number of carbonyl (C=O) groups excluding carboxylic acids is 1. The quantitative estimate of drug-likeness (QED) is 0.934. The summed E-state index contributed by atoms with van der Waals surface area (Å²) < 4.78 is 46.8. The lowest BCUT2D eigenvalue weighted by Gasteiger charge is -2.31. The van der Waals surface area contributed by atoms with Crippen LogP contribution < -0.4 is 10.1 Å². The van der Waals surface area contributed by atoms with Gasteiger partial charge >= 0.3 is 12.6 Å². The van der Waals surface area contributed by atoms with E-state index in [0.717, 1.165) is 12.1 Å². The molecule has 8 heteroatoms. The molecule has 0 saturated carbocycles. The fourth-order valence-corrected chi connectivity index (χ4v) is 1.98. The Bertz CT molecular complexity index is 513. The molecule has 2 amide bonds. The maximum absolute atomic E-state index is 13.5. The number of urea groups is 1. The van der Waals surface area contributed by atoms with Crippen LogP contribution in [0.1, 0.15) is 6.92 Å². The molecular formula is C13H15F3N2O3. The van der Waals surface area contributed by atoms with Gasteiger partial charge in [0.15, 0.2) is 11.6 Å². The highest BCUT2D eigenvalue weighted by Gasteiger charge is 2.21. The van der Waals surface area contributed by atoms with Gasteiger partial charge in [0.05, 0.1) is 12.7 Å². The van der Waals surface area contributed by atoms with Crippen LogP contribution in [-0.4, -0.2) is 43.3 Å². The number of hydrogen-bond acceptors (Lipinski definition) is 3. The van der Waals surface area contributed by atoms with E-state index in [1.807, 2.05) is 6.92 Å². The van der Waals surface area contributed by atoms with E-state index in [2.05, 4.69) is 10.1 Å². The summed E-state index contributed by atoms with van der Waals surface area (Å²) in [7, 11) is 0. The number of morpholine rings is 1. The number of nitrogens with zero attached hydrogens (tertiary/aromatic N) is 1. The summed E-state index contributed by atoms with van der Waals surface area (Å²) in [5.74, 6) is -1.54. The summed E-state index contributed by atoms with van der Waals surface area (Å²) >= 11 is 0. The summed E-state index contributed by atoms with van der Waals surface area (Å²) in [5, 5.41) is 2.50. The van der Waals surface area contributed by atoms with E-state index < -0.39 is 24.2 Å². The van der Waals surface area contributed by atoms with Crippen molar-refractivity contribution in [2.75, 3.05) is 25.0 Å². The summed E-state index contributed by atoms with van der Waals surface area (Å²) in [4.78, 5) is 13.5. The van der Waals surface area contributed by atoms with Gasteiger partial charge in [-0.15, -0.1) is 0 Å². The molecule has 0 radical (unpaired) electrons. The van der Waals surface area contributed by atoms with Gasteiger partial charge in [0.2, 0.25) is 0 Å². The number of rotatable bonds is 3. The maximum Gasteiger partial charge on any atom is 0.387 e. The van der Waals surface area contributed by atoms with Gasteiger partial charge in [0.1, 0.15) is 0 Å². The Hall–Kier alpha value is -1.96. The van der Waals surface area contributed by atoms with Crippen LogP contribution in [0.4, 0.5) is 23.7 Å². The molecule has 2 rings (SSSR count). The normalized spacial score (nSPS) is 18.7. The number of alkyl halides is 2. The number of benzene rings is 1. The first-order valence-electron chi connectivity index (χ1n) is 6.37. The summed E-state index contributed by atoms with van der Waals surface area (Å²) in [6, 6.07) is 2.87. The topological polar surface area (TPSA) is 50.8 Å². The second-order valence-corrected chi connectivity index (χ2v) is 4.58. The van der Waals surface area contributed by atoms with Crippen molar-refractivity contribution in [2.24, 2.45) is 0 Å². The van der Waals surface area contributed by atoms with Gasteiger partial charge in [-0.3, -0.25) is 0 Å². The van der Waals surface area contributed by atoms with Gasteiger partial charge in [-0.25, -0.2) is 9.18 Å². The molecular weight excluding hydrogens is 289 g/mol. The molecule has 1 unspecified atom stereocenters. The van der Waals surface area contributed by atoms with E-state index >= 15 is 0 Å². The number of anilines is 1. The highest BCUT2D eigenvalue weighted by Crippen LogP contribution is 2.23. The summed E-state index contributed by atoms with van der Waals surface area (Å²) in [6.07, 6.45) is -0.0666. The van der Waals surface area contributed by atoms with E-state index in [4.69, 9.17) is 4.74 Å². The predicted molar refractivity (Wildman–Crippen MR) is 69.0 cm³/mol. The molecule has 1 N–H and O–H groups in total. The molecule has 1 aromatic rings. The van der Waals surface area contributed by atoms with E-state index in [-0.39, 0.29) is 11.8 Å². The summed E-state index contributed by atoms with van der Waals surface area (Å²) in [6.45, 7) is 0.0426. The van der Waals surface area contributed by atoms with Crippen molar-refractivity contribution < 1.29 is 27.4 Å². The zero-order valence-electron chi connectivity index (χ0n) is 11.3. The van der Waals surface area contributed by atoms with Crippen molar-refractivity contribution in [1.29, 1.82) is 0 Å². The fraction of sp³-hybridized carbons (Fsp3) is 0.462. The van der Waals surface area contributed by atoms with Gasteiger partial charge in [-0.2, -0.15) is 8.78 Å². The van der Waals surface area contributed by atoms with Crippen LogP contribution in [0.15, 0.2) is 18.2 Å². The van der Waals surface area contributed by atoms with E-state index in [1.165, 1.54) is 11.0 Å². The molecule has 0 aromatic heterocycles. The third-order valence-electron chi connectivity index (χ3n) is 2.93. The third kappa shape index (κ3) is 4.25. The largest absolute Gasteiger partial charge is 0.432 e.